The minimum atomic E-state index is 0.0367. The Morgan fingerprint density at radius 3 is 2.48 bits per heavy atom. The van der Waals surface area contributed by atoms with Gasteiger partial charge in [-0.3, -0.25) is 9.69 Å². The third-order valence-electron chi connectivity index (χ3n) is 6.06. The topological polar surface area (TPSA) is 32.3 Å². The van der Waals surface area contributed by atoms with Crippen molar-refractivity contribution in [1.82, 2.24) is 4.90 Å². The first-order chi connectivity index (χ1) is 16.0. The largest absolute Gasteiger partial charge is 0.326 e. The number of hydrogen-bond acceptors (Lipinski definition) is 3. The number of piperidine rings is 1. The Kier molecular flexibility index (Phi) is 8.37. The molecule has 1 fully saturated rings. The third kappa shape index (κ3) is 6.77. The summed E-state index contributed by atoms with van der Waals surface area (Å²) in [6.07, 6.45) is 1.70. The molecule has 1 aliphatic heterocycles. The number of likely N-dealkylation sites (tertiary alicyclic amines) is 1. The maximum absolute atomic E-state index is 12.9. The molecule has 0 atom stereocenters. The lowest BCUT2D eigenvalue weighted by Crippen LogP contribution is -2.37. The number of carbonyl (C=O) groups excluding carboxylic acids is 1. The van der Waals surface area contributed by atoms with Crippen LogP contribution in [0.2, 0.25) is 10.0 Å². The molecule has 33 heavy (non-hydrogen) atoms. The van der Waals surface area contributed by atoms with Gasteiger partial charge >= 0.3 is 0 Å². The summed E-state index contributed by atoms with van der Waals surface area (Å²) in [5.74, 6) is 1.07. The summed E-state index contributed by atoms with van der Waals surface area (Å²) in [7, 11) is 0. The first-order valence-electron chi connectivity index (χ1n) is 11.2. The predicted octanol–water partition coefficient (Wildman–Crippen LogP) is 7.44. The number of amides is 1. The molecule has 0 bridgehead atoms. The molecule has 0 saturated carbocycles. The maximum atomic E-state index is 12.9. The molecule has 3 nitrogen and oxygen atoms in total. The van der Waals surface area contributed by atoms with E-state index in [0.29, 0.717) is 10.0 Å². The molecule has 1 saturated heterocycles. The molecular formula is C27H28Cl2N2OS. The molecule has 6 heteroatoms. The van der Waals surface area contributed by atoms with Gasteiger partial charge in [-0.25, -0.2) is 0 Å². The highest BCUT2D eigenvalue weighted by atomic mass is 35.5. The van der Waals surface area contributed by atoms with Gasteiger partial charge in [0.25, 0.3) is 0 Å². The van der Waals surface area contributed by atoms with Crippen LogP contribution in [0.15, 0.2) is 71.6 Å². The molecule has 4 rings (SSSR count). The van der Waals surface area contributed by atoms with Crippen LogP contribution in [0.5, 0.6) is 0 Å². The Labute approximate surface area is 210 Å². The van der Waals surface area contributed by atoms with Crippen molar-refractivity contribution in [3.8, 4) is 0 Å². The van der Waals surface area contributed by atoms with Crippen molar-refractivity contribution >= 4 is 46.6 Å². The van der Waals surface area contributed by atoms with Crippen LogP contribution in [-0.4, -0.2) is 23.9 Å². The summed E-state index contributed by atoms with van der Waals surface area (Å²) >= 11 is 14.1. The highest BCUT2D eigenvalue weighted by Gasteiger charge is 2.25. The monoisotopic (exact) mass is 498 g/mol. The highest BCUT2D eigenvalue weighted by molar-refractivity contribution is 7.98. The first-order valence-corrected chi connectivity index (χ1v) is 13.0. The second-order valence-corrected chi connectivity index (χ2v) is 10.4. The SMILES string of the molecule is Cc1cc(CSc2ccccc2)ccc1NC(=O)C1CCN(Cc2ccc(Cl)cc2Cl)CC1. The Morgan fingerprint density at radius 2 is 1.79 bits per heavy atom. The number of halogens is 2. The van der Waals surface area contributed by atoms with Gasteiger partial charge in [0, 0.05) is 38.8 Å². The number of nitrogens with zero attached hydrogens (tertiary/aromatic N) is 1. The lowest BCUT2D eigenvalue weighted by Gasteiger charge is -2.31. The quantitative estimate of drug-likeness (QED) is 0.343. The number of thioether (sulfide) groups is 1. The van der Waals surface area contributed by atoms with Gasteiger partial charge < -0.3 is 5.32 Å². The smallest absolute Gasteiger partial charge is 0.227 e. The van der Waals surface area contributed by atoms with Gasteiger partial charge in [0.05, 0.1) is 0 Å². The van der Waals surface area contributed by atoms with E-state index in [4.69, 9.17) is 23.2 Å². The van der Waals surface area contributed by atoms with Crippen molar-refractivity contribution in [2.45, 2.75) is 37.0 Å². The Balaban J connectivity index is 1.27. The van der Waals surface area contributed by atoms with Gasteiger partial charge in [-0.1, -0.05) is 59.6 Å². The predicted molar refractivity (Wildman–Crippen MR) is 140 cm³/mol. The second-order valence-electron chi connectivity index (χ2n) is 8.53. The fourth-order valence-corrected chi connectivity index (χ4v) is 5.45. The lowest BCUT2D eigenvalue weighted by molar-refractivity contribution is -0.121. The highest BCUT2D eigenvalue weighted by Crippen LogP contribution is 2.27. The van der Waals surface area contributed by atoms with Crippen molar-refractivity contribution in [2.75, 3.05) is 18.4 Å². The van der Waals surface area contributed by atoms with Crippen molar-refractivity contribution < 1.29 is 4.79 Å². The minimum Gasteiger partial charge on any atom is -0.326 e. The van der Waals surface area contributed by atoms with Gasteiger partial charge in [-0.15, -0.1) is 11.8 Å². The summed E-state index contributed by atoms with van der Waals surface area (Å²) in [5, 5.41) is 4.51. The summed E-state index contributed by atoms with van der Waals surface area (Å²) < 4.78 is 0. The van der Waals surface area contributed by atoms with E-state index in [0.717, 1.165) is 55.0 Å². The number of nitrogens with one attached hydrogen (secondary N) is 1. The van der Waals surface area contributed by atoms with E-state index in [9.17, 15) is 4.79 Å². The van der Waals surface area contributed by atoms with Crippen LogP contribution in [0.3, 0.4) is 0 Å². The number of benzene rings is 3. The van der Waals surface area contributed by atoms with E-state index in [2.05, 4.69) is 53.5 Å². The fourth-order valence-electron chi connectivity index (χ4n) is 4.12. The standard InChI is InChI=1S/C27H28Cl2N2OS/c1-19-15-20(18-33-24-5-3-2-4-6-24)7-10-26(19)30-27(32)21-11-13-31(14-12-21)17-22-8-9-23(28)16-25(22)29/h2-10,15-16,21H,11-14,17-18H2,1H3,(H,30,32). The Hall–Kier alpha value is -1.98. The molecular weight excluding hydrogens is 471 g/mol. The van der Waals surface area contributed by atoms with Crippen molar-refractivity contribution in [2.24, 2.45) is 5.92 Å². The van der Waals surface area contributed by atoms with E-state index < -0.39 is 0 Å². The van der Waals surface area contributed by atoms with Gasteiger partial charge in [0.2, 0.25) is 5.91 Å². The number of rotatable bonds is 7. The number of hydrogen-bond donors (Lipinski definition) is 1. The fraction of sp³-hybridized carbons (Fsp3) is 0.296. The van der Waals surface area contributed by atoms with Gasteiger partial charge in [-0.05, 0) is 79.9 Å². The molecule has 0 spiro atoms. The van der Waals surface area contributed by atoms with E-state index in [1.807, 2.05) is 36.0 Å². The maximum Gasteiger partial charge on any atom is 0.227 e. The lowest BCUT2D eigenvalue weighted by atomic mass is 9.95. The van der Waals surface area contributed by atoms with Crippen molar-refractivity contribution in [3.05, 3.63) is 93.5 Å². The summed E-state index contributed by atoms with van der Waals surface area (Å²) in [6.45, 7) is 4.61. The molecule has 3 aromatic carbocycles. The van der Waals surface area contributed by atoms with Crippen molar-refractivity contribution in [3.63, 3.8) is 0 Å². The van der Waals surface area contributed by atoms with Gasteiger partial charge in [0.15, 0.2) is 0 Å². The normalized spacial score (nSPS) is 14.9. The molecule has 172 valence electrons. The molecule has 0 aliphatic carbocycles. The summed E-state index contributed by atoms with van der Waals surface area (Å²) in [5.41, 5.74) is 4.34. The van der Waals surface area contributed by atoms with E-state index in [-0.39, 0.29) is 11.8 Å². The zero-order valence-corrected chi connectivity index (χ0v) is 21.0. The van der Waals surface area contributed by atoms with E-state index in [1.54, 1.807) is 6.07 Å². The van der Waals surface area contributed by atoms with Crippen LogP contribution in [0.1, 0.15) is 29.5 Å². The molecule has 1 heterocycles. The van der Waals surface area contributed by atoms with Crippen molar-refractivity contribution in [1.29, 1.82) is 0 Å². The number of aryl methyl sites for hydroxylation is 1. The summed E-state index contributed by atoms with van der Waals surface area (Å²) in [4.78, 5) is 16.5. The van der Waals surface area contributed by atoms with Gasteiger partial charge in [0.1, 0.15) is 0 Å². The molecule has 1 aliphatic rings. The first kappa shape index (κ1) is 24.2. The average molecular weight is 500 g/mol. The minimum absolute atomic E-state index is 0.0367. The van der Waals surface area contributed by atoms with Crippen LogP contribution < -0.4 is 5.32 Å². The zero-order chi connectivity index (χ0) is 23.2. The van der Waals surface area contributed by atoms with Crippen LogP contribution in [0.4, 0.5) is 5.69 Å². The second kappa shape index (κ2) is 11.4. The van der Waals surface area contributed by atoms with Crippen LogP contribution in [0.25, 0.3) is 0 Å². The Bertz CT molecular complexity index is 1100. The van der Waals surface area contributed by atoms with Gasteiger partial charge in [-0.2, -0.15) is 0 Å². The molecule has 1 amide bonds. The van der Waals surface area contributed by atoms with E-state index >= 15 is 0 Å². The van der Waals surface area contributed by atoms with Crippen LogP contribution in [-0.2, 0) is 17.1 Å². The molecule has 0 unspecified atom stereocenters. The molecule has 1 N–H and O–H groups in total. The third-order valence-corrected chi connectivity index (χ3v) is 7.73. The summed E-state index contributed by atoms with van der Waals surface area (Å²) in [6, 6.07) is 22.4. The molecule has 0 radical (unpaired) electrons. The van der Waals surface area contributed by atoms with Crippen LogP contribution >= 0.6 is 35.0 Å². The Morgan fingerprint density at radius 1 is 1.03 bits per heavy atom. The van der Waals surface area contributed by atoms with Crippen LogP contribution in [0, 0.1) is 12.8 Å². The number of anilines is 1. The van der Waals surface area contributed by atoms with E-state index in [1.165, 1.54) is 10.5 Å². The number of carbonyl (C=O) groups is 1. The molecule has 0 aromatic heterocycles. The molecule has 3 aromatic rings. The zero-order valence-electron chi connectivity index (χ0n) is 18.7. The average Bonchev–Trinajstić information content (AvgIpc) is 2.82.